The van der Waals surface area contributed by atoms with Crippen molar-refractivity contribution in [1.82, 2.24) is 4.90 Å². The van der Waals surface area contributed by atoms with E-state index >= 15 is 0 Å². The Labute approximate surface area is 49.8 Å². The van der Waals surface area contributed by atoms with Crippen LogP contribution in [0.3, 0.4) is 0 Å². The number of likely N-dealkylation sites (N-methyl/N-ethyl adjacent to an activating group) is 1. The maximum Gasteiger partial charge on any atom is 0.165 e. The third-order valence-corrected chi connectivity index (χ3v) is 0.933. The van der Waals surface area contributed by atoms with Crippen molar-refractivity contribution in [1.29, 1.82) is 0 Å². The molecule has 2 heteroatoms. The Morgan fingerprint density at radius 3 is 2.00 bits per heavy atom. The number of hydrogen-bond donors (Lipinski definition) is 0. The topological polar surface area (TPSA) is 20.3 Å². The van der Waals surface area contributed by atoms with Crippen molar-refractivity contribution >= 4 is 6.29 Å². The molecule has 0 aromatic rings. The van der Waals surface area contributed by atoms with Crippen LogP contribution in [0, 0.1) is 0 Å². The number of aldehydes is 1. The number of carbonyl (C=O) groups is 1. The van der Waals surface area contributed by atoms with Crippen molar-refractivity contribution in [2.75, 3.05) is 14.1 Å². The van der Waals surface area contributed by atoms with Gasteiger partial charge in [-0.05, 0) is 6.92 Å². The van der Waals surface area contributed by atoms with Gasteiger partial charge in [-0.1, -0.05) is 6.08 Å². The quantitative estimate of drug-likeness (QED) is 0.387. The van der Waals surface area contributed by atoms with Gasteiger partial charge in [-0.3, -0.25) is 4.79 Å². The Bertz CT molecular complexity index is 105. The minimum Gasteiger partial charge on any atom is -0.375 e. The zero-order chi connectivity index (χ0) is 6.57. The third-order valence-electron chi connectivity index (χ3n) is 0.933. The number of allylic oxidation sites excluding steroid dienone is 2. The summed E-state index contributed by atoms with van der Waals surface area (Å²) < 4.78 is 0. The van der Waals surface area contributed by atoms with Crippen LogP contribution in [0.2, 0.25) is 0 Å². The molecule has 46 valence electrons. The summed E-state index contributed by atoms with van der Waals surface area (Å²) in [5.74, 6) is 0. The zero-order valence-electron chi connectivity index (χ0n) is 5.51. The smallest absolute Gasteiger partial charge is 0.165 e. The first kappa shape index (κ1) is 7.21. The molecule has 0 aromatic carbocycles. The molecule has 8 heavy (non-hydrogen) atoms. The van der Waals surface area contributed by atoms with Gasteiger partial charge in [-0.15, -0.1) is 0 Å². The molecule has 0 heterocycles. The molecule has 0 saturated carbocycles. The van der Waals surface area contributed by atoms with Gasteiger partial charge in [0.2, 0.25) is 0 Å². The molecule has 0 amide bonds. The highest BCUT2D eigenvalue weighted by Crippen LogP contribution is 1.90. The number of rotatable bonds is 2. The normalized spacial score (nSPS) is 11.1. The third kappa shape index (κ3) is 1.78. The molecule has 2 nitrogen and oxygen atoms in total. The second-order valence-electron chi connectivity index (χ2n) is 1.73. The molecule has 0 spiro atoms. The van der Waals surface area contributed by atoms with Gasteiger partial charge in [0.15, 0.2) is 6.29 Å². The van der Waals surface area contributed by atoms with E-state index in [1.54, 1.807) is 11.0 Å². The lowest BCUT2D eigenvalue weighted by Gasteiger charge is -2.08. The zero-order valence-corrected chi connectivity index (χ0v) is 5.51. The van der Waals surface area contributed by atoms with Crippen molar-refractivity contribution in [2.45, 2.75) is 6.92 Å². The molecule has 0 aliphatic rings. The fourth-order valence-corrected chi connectivity index (χ4v) is 0.432. The molecule has 0 aliphatic heterocycles. The van der Waals surface area contributed by atoms with Crippen LogP contribution in [-0.4, -0.2) is 25.3 Å². The first-order chi connectivity index (χ1) is 3.72. The van der Waals surface area contributed by atoms with E-state index in [1.165, 1.54) is 0 Å². The first-order valence-electron chi connectivity index (χ1n) is 2.51. The van der Waals surface area contributed by atoms with Gasteiger partial charge in [0.1, 0.15) is 0 Å². The molecule has 0 aliphatic carbocycles. The molecule has 0 unspecified atom stereocenters. The van der Waals surface area contributed by atoms with E-state index in [-0.39, 0.29) is 0 Å². The lowest BCUT2D eigenvalue weighted by molar-refractivity contribution is -0.105. The van der Waals surface area contributed by atoms with Crippen molar-refractivity contribution in [3.63, 3.8) is 0 Å². The predicted molar refractivity (Wildman–Crippen MR) is 33.5 cm³/mol. The fraction of sp³-hybridized carbons (Fsp3) is 0.500. The second kappa shape index (κ2) is 3.24. The molecule has 0 rings (SSSR count). The predicted octanol–water partition coefficient (Wildman–Crippen LogP) is 0.651. The Balaban J connectivity index is 3.91. The van der Waals surface area contributed by atoms with E-state index in [0.29, 0.717) is 5.70 Å². The van der Waals surface area contributed by atoms with Gasteiger partial charge in [-0.25, -0.2) is 0 Å². The summed E-state index contributed by atoms with van der Waals surface area (Å²) in [7, 11) is 3.67. The molecule has 0 aromatic heterocycles. The molecule has 0 radical (unpaired) electrons. The van der Waals surface area contributed by atoms with Crippen LogP contribution in [0.25, 0.3) is 0 Å². The second-order valence-corrected chi connectivity index (χ2v) is 1.73. The summed E-state index contributed by atoms with van der Waals surface area (Å²) >= 11 is 0. The summed E-state index contributed by atoms with van der Waals surface area (Å²) in [4.78, 5) is 11.8. The van der Waals surface area contributed by atoms with Gasteiger partial charge in [0.25, 0.3) is 0 Å². The van der Waals surface area contributed by atoms with E-state index in [0.717, 1.165) is 6.29 Å². The van der Waals surface area contributed by atoms with Crippen molar-refractivity contribution in [3.8, 4) is 0 Å². The molecule has 0 bridgehead atoms. The number of carbonyl (C=O) groups excluding carboxylic acids is 1. The van der Waals surface area contributed by atoms with Crippen LogP contribution in [0.1, 0.15) is 6.92 Å². The van der Waals surface area contributed by atoms with Crippen LogP contribution in [0.4, 0.5) is 0 Å². The average molecular weight is 113 g/mol. The molecular formula is C6H11NO. The highest BCUT2D eigenvalue weighted by Gasteiger charge is 1.90. The summed E-state index contributed by atoms with van der Waals surface area (Å²) in [6.07, 6.45) is 2.60. The molecule has 0 N–H and O–H groups in total. The molecule has 0 saturated heterocycles. The van der Waals surface area contributed by atoms with Gasteiger partial charge in [-0.2, -0.15) is 0 Å². The lowest BCUT2D eigenvalue weighted by Crippen LogP contribution is -2.11. The van der Waals surface area contributed by atoms with Crippen LogP contribution in [0.15, 0.2) is 11.8 Å². The van der Waals surface area contributed by atoms with Crippen LogP contribution >= 0.6 is 0 Å². The SMILES string of the molecule is C/C=C(/C=O)N(C)C. The average Bonchev–Trinajstić information content (AvgIpc) is 1.69. The lowest BCUT2D eigenvalue weighted by atomic mass is 10.4. The Kier molecular flexibility index (Phi) is 2.92. The molecular weight excluding hydrogens is 102 g/mol. The summed E-state index contributed by atoms with van der Waals surface area (Å²) in [5.41, 5.74) is 0.713. The van der Waals surface area contributed by atoms with Gasteiger partial charge < -0.3 is 4.90 Å². The van der Waals surface area contributed by atoms with E-state index in [1.807, 2.05) is 21.0 Å². The highest BCUT2D eigenvalue weighted by atomic mass is 16.1. The maximum atomic E-state index is 10.1. The maximum absolute atomic E-state index is 10.1. The minimum atomic E-state index is 0.713. The standard InChI is InChI=1S/C6H11NO/c1-4-6(5-8)7(2)3/h4-5H,1-3H3/b6-4-. The summed E-state index contributed by atoms with van der Waals surface area (Å²) in [6.45, 7) is 1.84. The van der Waals surface area contributed by atoms with Gasteiger partial charge in [0, 0.05) is 14.1 Å². The first-order valence-corrected chi connectivity index (χ1v) is 2.51. The highest BCUT2D eigenvalue weighted by molar-refractivity contribution is 5.71. The summed E-state index contributed by atoms with van der Waals surface area (Å²) in [6, 6.07) is 0. The van der Waals surface area contributed by atoms with Crippen LogP contribution in [0.5, 0.6) is 0 Å². The van der Waals surface area contributed by atoms with Crippen molar-refractivity contribution in [2.24, 2.45) is 0 Å². The van der Waals surface area contributed by atoms with Crippen LogP contribution in [-0.2, 0) is 4.79 Å². The van der Waals surface area contributed by atoms with E-state index in [2.05, 4.69) is 0 Å². The minimum absolute atomic E-state index is 0.713. The van der Waals surface area contributed by atoms with Crippen LogP contribution < -0.4 is 0 Å². The Morgan fingerprint density at radius 2 is 2.00 bits per heavy atom. The number of hydrogen-bond acceptors (Lipinski definition) is 2. The monoisotopic (exact) mass is 113 g/mol. The fourth-order valence-electron chi connectivity index (χ4n) is 0.432. The Hall–Kier alpha value is -0.790. The largest absolute Gasteiger partial charge is 0.375 e. The van der Waals surface area contributed by atoms with E-state index < -0.39 is 0 Å². The van der Waals surface area contributed by atoms with E-state index in [9.17, 15) is 4.79 Å². The molecule has 0 fully saturated rings. The molecule has 0 atom stereocenters. The van der Waals surface area contributed by atoms with Gasteiger partial charge in [0.05, 0.1) is 5.70 Å². The van der Waals surface area contributed by atoms with E-state index in [4.69, 9.17) is 0 Å². The van der Waals surface area contributed by atoms with Crippen molar-refractivity contribution in [3.05, 3.63) is 11.8 Å². The summed E-state index contributed by atoms with van der Waals surface area (Å²) in [5, 5.41) is 0. The van der Waals surface area contributed by atoms with Gasteiger partial charge >= 0.3 is 0 Å². The van der Waals surface area contributed by atoms with Crippen molar-refractivity contribution < 1.29 is 4.79 Å². The number of nitrogens with zero attached hydrogens (tertiary/aromatic N) is 1. The Morgan fingerprint density at radius 1 is 1.50 bits per heavy atom.